The molecule has 0 amide bonds. The molecule has 0 radical (unpaired) electrons. The fourth-order valence-electron chi connectivity index (χ4n) is 9.70. The summed E-state index contributed by atoms with van der Waals surface area (Å²) in [5, 5.41) is 15.7. The Morgan fingerprint density at radius 3 is 1.30 bits per heavy atom. The average molecular weight is 1430 g/mol. The van der Waals surface area contributed by atoms with Gasteiger partial charge in [-0.1, -0.05) is 30.3 Å². The summed E-state index contributed by atoms with van der Waals surface area (Å²) >= 11 is 0. The first kappa shape index (κ1) is 72.9. The molecule has 6 aromatic carbocycles. The van der Waals surface area contributed by atoms with Crippen LogP contribution in [-0.2, 0) is 44.9 Å². The molecule has 3 aromatic heterocycles. The van der Waals surface area contributed by atoms with Gasteiger partial charge in [0, 0.05) is 95.7 Å². The van der Waals surface area contributed by atoms with Crippen LogP contribution < -0.4 is 61.8 Å². The molecule has 11 rings (SSSR count). The normalized spacial score (nSPS) is 13.5. The molecule has 18 nitrogen and oxygen atoms in total. The third-order valence-electron chi connectivity index (χ3n) is 14.9. The molecule has 0 bridgehead atoms. The Balaban J connectivity index is 0.000000172. The molecule has 9 aromatic rings. The lowest BCUT2D eigenvalue weighted by molar-refractivity contribution is -0.138. The molecule has 98 heavy (non-hydrogen) atoms. The van der Waals surface area contributed by atoms with E-state index in [2.05, 4.69) is 61.4 Å². The van der Waals surface area contributed by atoms with Crippen molar-refractivity contribution in [1.29, 1.82) is 0 Å². The zero-order valence-electron chi connectivity index (χ0n) is 53.2. The van der Waals surface area contributed by atoms with Crippen LogP contribution in [0.25, 0.3) is 0 Å². The Bertz CT molecular complexity index is 4420. The monoisotopic (exact) mass is 1430 g/mol. The minimum atomic E-state index is -4.84. The molecule has 5 heterocycles. The van der Waals surface area contributed by atoms with Crippen LogP contribution in [-0.4, -0.2) is 103 Å². The lowest BCUT2D eigenvalue weighted by Crippen LogP contribution is -2.47. The van der Waals surface area contributed by atoms with E-state index in [-0.39, 0.29) is 54.1 Å². The zero-order chi connectivity index (χ0) is 71.2. The maximum Gasteiger partial charge on any atom is 0.421 e. The maximum absolute atomic E-state index is 13.7. The van der Waals surface area contributed by atoms with Crippen molar-refractivity contribution in [3.05, 3.63) is 191 Å². The number of anilines is 11. The lowest BCUT2D eigenvalue weighted by atomic mass is 10.1. The molecule has 2 aliphatic heterocycles. The van der Waals surface area contributed by atoms with Crippen LogP contribution in [0.15, 0.2) is 158 Å². The third kappa shape index (κ3) is 19.5. The number of nitrogens with zero attached hydrogens (tertiary/aromatic N) is 8. The SMILES string of the molecule is CP(C)(=O)c1ccc(Nc2ncc(C(F)(F)F)c(N3CCN(c4ccccc4)CC3)n2)cc1.CP(C)(=O)c1ccc(Nc2ncc(C(F)(F)F)c(NCc3ccc4c(c3)OCO4)n2)cc1.Cc1ccc(Nc2nc(Nc3ccc(P(C)(C)=O)cc3)ncc2C(F)(F)F)cc1C(F)(F)F. The zero-order valence-corrected chi connectivity index (χ0v) is 55.9. The fourth-order valence-corrected chi connectivity index (χ4v) is 12.3. The largest absolute Gasteiger partial charge is 0.454 e. The van der Waals surface area contributed by atoms with Crippen molar-refractivity contribution in [2.75, 3.05) is 109 Å². The minimum absolute atomic E-state index is 0.00452. The molecule has 1 fully saturated rings. The summed E-state index contributed by atoms with van der Waals surface area (Å²) in [5.74, 6) is -0.198. The molecule has 33 heteroatoms. The molecule has 0 saturated carbocycles. The summed E-state index contributed by atoms with van der Waals surface area (Å²) in [5.41, 5.74) is -0.988. The number of fused-ring (bicyclic) bond motifs is 1. The summed E-state index contributed by atoms with van der Waals surface area (Å²) in [4.78, 5) is 27.3. The fraction of sp³-hybridized carbons (Fsp3) is 0.262. The second-order valence-corrected chi connectivity index (χ2v) is 33.1. The summed E-state index contributed by atoms with van der Waals surface area (Å²) in [6, 6.07) is 38.0. The lowest BCUT2D eigenvalue weighted by Gasteiger charge is -2.37. The molecular weight excluding hydrogens is 1360 g/mol. The standard InChI is InChI=1S/C23H25F3N5OP.C21H19F6N4OP.C21H20F3N4O3P/c1-33(2,32)19-10-8-17(9-11-19)28-22-27-16-20(23(24,25)26)21(29-22)31-14-12-30(13-15-31)18-6-4-3-5-7-18;1-12-4-5-14(10-16(12)20(22,23)24)29-18-17(21(25,26)27)11-28-19(31-18)30-13-6-8-15(9-7-13)33(2,3)32;1-32(2,29)15-6-4-14(5-7-15)27-20-26-11-16(21(22,23)24)19(28-20)25-10-13-3-8-17-18(9-13)31-12-30-17/h3-11,16H,12-15H2,1-2H3,(H,27,28,29);4-11H,1-3H3,(H2,28,29,30,31);3-9,11H,10,12H2,1-2H3,(H2,25,26,27,28). The van der Waals surface area contributed by atoms with Crippen LogP contribution in [0.2, 0.25) is 0 Å². The van der Waals surface area contributed by atoms with E-state index in [1.54, 1.807) is 136 Å². The van der Waals surface area contributed by atoms with E-state index in [0.717, 1.165) is 35.5 Å². The van der Waals surface area contributed by atoms with Crippen LogP contribution in [0.4, 0.5) is 116 Å². The van der Waals surface area contributed by atoms with Crippen molar-refractivity contribution >= 4 is 101 Å². The number of aromatic nitrogens is 6. The summed E-state index contributed by atoms with van der Waals surface area (Å²) in [6.07, 6.45) is -16.6. The predicted molar refractivity (Wildman–Crippen MR) is 358 cm³/mol. The van der Waals surface area contributed by atoms with Gasteiger partial charge in [0.05, 0.1) is 5.56 Å². The van der Waals surface area contributed by atoms with Gasteiger partial charge >= 0.3 is 24.7 Å². The molecule has 5 N–H and O–H groups in total. The second-order valence-electron chi connectivity index (χ2n) is 23.4. The highest BCUT2D eigenvalue weighted by atomic mass is 31.2. The van der Waals surface area contributed by atoms with E-state index in [4.69, 9.17) is 9.47 Å². The molecule has 0 aliphatic carbocycles. The van der Waals surface area contributed by atoms with Gasteiger partial charge in [-0.2, -0.15) is 67.6 Å². The first-order valence-electron chi connectivity index (χ1n) is 29.6. The second kappa shape index (κ2) is 29.4. The number of piperazine rings is 1. The smallest absolute Gasteiger partial charge is 0.421 e. The van der Waals surface area contributed by atoms with Gasteiger partial charge in [0.15, 0.2) is 11.5 Å². The molecule has 0 unspecified atom stereocenters. The Morgan fingerprint density at radius 2 is 0.837 bits per heavy atom. The first-order chi connectivity index (χ1) is 45.8. The topological polar surface area (TPSA) is 214 Å². The number of rotatable bonds is 16. The minimum Gasteiger partial charge on any atom is -0.454 e. The van der Waals surface area contributed by atoms with E-state index < -0.39 is 74.2 Å². The van der Waals surface area contributed by atoms with Gasteiger partial charge in [-0.15, -0.1) is 0 Å². The van der Waals surface area contributed by atoms with Crippen LogP contribution in [0.1, 0.15) is 33.4 Å². The highest BCUT2D eigenvalue weighted by Crippen LogP contribution is 2.42. The quantitative estimate of drug-likeness (QED) is 0.0449. The number of aryl methyl sites for hydroxylation is 1. The van der Waals surface area contributed by atoms with Gasteiger partial charge in [-0.3, -0.25) is 0 Å². The number of benzene rings is 6. The molecule has 0 spiro atoms. The number of halogens is 12. The molecular formula is C65H64F12N13O5P3. The number of hydrogen-bond acceptors (Lipinski definition) is 18. The van der Waals surface area contributed by atoms with E-state index >= 15 is 0 Å². The highest BCUT2D eigenvalue weighted by molar-refractivity contribution is 7.70. The van der Waals surface area contributed by atoms with Crippen molar-refractivity contribution in [3.63, 3.8) is 0 Å². The predicted octanol–water partition coefficient (Wildman–Crippen LogP) is 16.2. The number of hydrogen-bond donors (Lipinski definition) is 5. The van der Waals surface area contributed by atoms with Gasteiger partial charge in [0.2, 0.25) is 24.6 Å². The first-order valence-corrected chi connectivity index (χ1v) is 37.4. The van der Waals surface area contributed by atoms with Gasteiger partial charge in [0.25, 0.3) is 0 Å². The van der Waals surface area contributed by atoms with Crippen molar-refractivity contribution in [3.8, 4) is 11.5 Å². The number of alkyl halides is 12. The van der Waals surface area contributed by atoms with Crippen molar-refractivity contribution in [2.45, 2.75) is 38.2 Å². The van der Waals surface area contributed by atoms with Gasteiger partial charge in [-0.05, 0) is 167 Å². The Morgan fingerprint density at radius 1 is 0.429 bits per heavy atom. The van der Waals surface area contributed by atoms with Crippen molar-refractivity contribution in [2.24, 2.45) is 0 Å². The van der Waals surface area contributed by atoms with Gasteiger partial charge in [0.1, 0.15) is 55.6 Å². The number of ether oxygens (including phenoxy) is 2. The van der Waals surface area contributed by atoms with Crippen LogP contribution in [0.3, 0.4) is 0 Å². The molecule has 1 saturated heterocycles. The van der Waals surface area contributed by atoms with Crippen molar-refractivity contribution < 1.29 is 75.9 Å². The Hall–Kier alpha value is -9.39. The van der Waals surface area contributed by atoms with E-state index in [0.29, 0.717) is 77.1 Å². The van der Waals surface area contributed by atoms with Crippen LogP contribution in [0.5, 0.6) is 11.5 Å². The van der Waals surface area contributed by atoms with E-state index in [1.807, 2.05) is 30.3 Å². The van der Waals surface area contributed by atoms with Crippen LogP contribution >= 0.6 is 21.4 Å². The number of para-hydroxylation sites is 1. The van der Waals surface area contributed by atoms with Crippen molar-refractivity contribution in [1.82, 2.24) is 29.9 Å². The van der Waals surface area contributed by atoms with Gasteiger partial charge in [-0.25, -0.2) is 15.0 Å². The average Bonchev–Trinajstić information content (AvgIpc) is 0.943. The van der Waals surface area contributed by atoms with Gasteiger partial charge < -0.3 is 59.6 Å². The maximum atomic E-state index is 13.7. The summed E-state index contributed by atoms with van der Waals surface area (Å²) in [6.45, 7) is 13.3. The number of nitrogens with one attached hydrogen (secondary N) is 5. The summed E-state index contributed by atoms with van der Waals surface area (Å²) < 4.78 is 208. The third-order valence-corrected chi connectivity index (χ3v) is 19.5. The highest BCUT2D eigenvalue weighted by Gasteiger charge is 2.40. The Labute approximate surface area is 555 Å². The van der Waals surface area contributed by atoms with E-state index in [9.17, 15) is 66.4 Å². The van der Waals surface area contributed by atoms with E-state index in [1.165, 1.54) is 13.0 Å². The molecule has 518 valence electrons. The van der Waals surface area contributed by atoms with Crippen LogP contribution in [0, 0.1) is 6.92 Å². The summed E-state index contributed by atoms with van der Waals surface area (Å²) in [7, 11) is -7.29. The molecule has 2 aliphatic rings. The molecule has 0 atom stereocenters. The Kier molecular flexibility index (Phi) is 21.8.